The van der Waals surface area contributed by atoms with Crippen molar-refractivity contribution in [1.29, 1.82) is 0 Å². The number of rotatable bonds is 5. The van der Waals surface area contributed by atoms with Gasteiger partial charge in [-0.15, -0.1) is 0 Å². The van der Waals surface area contributed by atoms with Crippen molar-refractivity contribution in [3.05, 3.63) is 53.1 Å². The van der Waals surface area contributed by atoms with Gasteiger partial charge in [0, 0.05) is 25.4 Å². The van der Waals surface area contributed by atoms with Crippen LogP contribution in [0.5, 0.6) is 0 Å². The van der Waals surface area contributed by atoms with Crippen molar-refractivity contribution >= 4 is 13.2 Å². The molecule has 1 aromatic rings. The van der Waals surface area contributed by atoms with Crippen molar-refractivity contribution in [2.75, 3.05) is 31.1 Å². The second-order valence-electron chi connectivity index (χ2n) is 9.78. The number of nitrogens with one attached hydrogen (secondary N) is 1. The summed E-state index contributed by atoms with van der Waals surface area (Å²) in [6.07, 6.45) is 8.79. The average Bonchev–Trinajstić information content (AvgIpc) is 3.39. The molecule has 4 aliphatic rings. The third-order valence-corrected chi connectivity index (χ3v) is 9.08. The summed E-state index contributed by atoms with van der Waals surface area (Å²) in [5.74, 6) is 0. The molecule has 31 heavy (non-hydrogen) atoms. The first kappa shape index (κ1) is 21.1. The molecule has 5 rings (SSSR count). The van der Waals surface area contributed by atoms with Crippen molar-refractivity contribution < 1.29 is 13.8 Å². The van der Waals surface area contributed by atoms with Crippen LogP contribution in [0.2, 0.25) is 0 Å². The number of likely N-dealkylation sites (tertiary alicyclic amines) is 1. The van der Waals surface area contributed by atoms with E-state index in [0.717, 1.165) is 55.7 Å². The quantitative estimate of drug-likeness (QED) is 0.614. The molecule has 3 fully saturated rings. The standard InChI is InChI=1S/C24H34N3O3P/c1-24(2)16-21-23(22(17-24)26-13-7-4-8-14-26)31(28,30-18-20-12-9-15-29-20)27(25-21)19-10-5-3-6-11-19/h3,5-6,10-11,16,20,25H,4,7-9,12-15,17-18H2,1-2H3/t20-,31+/m0/s1. The van der Waals surface area contributed by atoms with E-state index in [2.05, 4.69) is 30.2 Å². The van der Waals surface area contributed by atoms with Gasteiger partial charge in [0.1, 0.15) is 5.31 Å². The van der Waals surface area contributed by atoms with E-state index in [9.17, 15) is 4.57 Å². The average molecular weight is 444 g/mol. The van der Waals surface area contributed by atoms with Crippen LogP contribution >= 0.6 is 7.52 Å². The Morgan fingerprint density at radius 1 is 1.16 bits per heavy atom. The maximum atomic E-state index is 14.8. The van der Waals surface area contributed by atoms with Gasteiger partial charge in [-0.2, -0.15) is 0 Å². The number of benzene rings is 1. The highest BCUT2D eigenvalue weighted by molar-refractivity contribution is 7.65. The number of piperidine rings is 1. The Bertz CT molecular complexity index is 915. The molecule has 3 heterocycles. The van der Waals surface area contributed by atoms with Crippen LogP contribution < -0.4 is 10.2 Å². The third kappa shape index (κ3) is 4.06. The molecule has 1 N–H and O–H groups in total. The highest BCUT2D eigenvalue weighted by atomic mass is 31.2. The van der Waals surface area contributed by atoms with Crippen LogP contribution in [-0.2, 0) is 13.8 Å². The lowest BCUT2D eigenvalue weighted by Gasteiger charge is -2.38. The van der Waals surface area contributed by atoms with Crippen molar-refractivity contribution in [1.82, 2.24) is 10.3 Å². The van der Waals surface area contributed by atoms with Gasteiger partial charge in [-0.3, -0.25) is 9.99 Å². The van der Waals surface area contributed by atoms with E-state index in [1.54, 1.807) is 4.78 Å². The number of anilines is 1. The van der Waals surface area contributed by atoms with E-state index in [-0.39, 0.29) is 11.5 Å². The van der Waals surface area contributed by atoms with Gasteiger partial charge in [-0.1, -0.05) is 38.1 Å². The molecule has 0 aromatic heterocycles. The molecule has 1 aromatic carbocycles. The highest BCUT2D eigenvalue weighted by Crippen LogP contribution is 2.68. The number of hydrogen-bond acceptors (Lipinski definition) is 5. The maximum Gasteiger partial charge on any atom is 0.348 e. The Balaban J connectivity index is 1.59. The number of nitrogens with zero attached hydrogens (tertiary/aromatic N) is 2. The van der Waals surface area contributed by atoms with Gasteiger partial charge in [-0.05, 0) is 56.1 Å². The lowest BCUT2D eigenvalue weighted by Crippen LogP contribution is -2.34. The SMILES string of the molecule is CC1(C)C=C2NN(c3ccccc3)[P@](=O)(OC[C@@H]3CCCO3)C2=C(N2CCCCC2)C1. The van der Waals surface area contributed by atoms with E-state index in [0.29, 0.717) is 6.61 Å². The van der Waals surface area contributed by atoms with Crippen LogP contribution in [0.25, 0.3) is 0 Å². The third-order valence-electron chi connectivity index (χ3n) is 6.66. The van der Waals surface area contributed by atoms with E-state index < -0.39 is 7.52 Å². The van der Waals surface area contributed by atoms with E-state index >= 15 is 0 Å². The van der Waals surface area contributed by atoms with Gasteiger partial charge in [0.15, 0.2) is 0 Å². The summed E-state index contributed by atoms with van der Waals surface area (Å²) in [5.41, 5.74) is 6.47. The summed E-state index contributed by atoms with van der Waals surface area (Å²) in [6, 6.07) is 9.90. The highest BCUT2D eigenvalue weighted by Gasteiger charge is 2.51. The molecule has 3 aliphatic heterocycles. The van der Waals surface area contributed by atoms with E-state index in [1.165, 1.54) is 25.0 Å². The zero-order valence-electron chi connectivity index (χ0n) is 18.7. The van der Waals surface area contributed by atoms with Crippen molar-refractivity contribution in [2.45, 2.75) is 58.5 Å². The van der Waals surface area contributed by atoms with Crippen LogP contribution in [-0.4, -0.2) is 37.3 Å². The number of ether oxygens (including phenoxy) is 1. The molecular formula is C24H34N3O3P. The molecule has 168 valence electrons. The lowest BCUT2D eigenvalue weighted by molar-refractivity contribution is 0.0692. The number of hydrazine groups is 1. The molecular weight excluding hydrogens is 409 g/mol. The zero-order valence-corrected chi connectivity index (χ0v) is 19.6. The Morgan fingerprint density at radius 3 is 2.65 bits per heavy atom. The van der Waals surface area contributed by atoms with E-state index in [4.69, 9.17) is 9.26 Å². The van der Waals surface area contributed by atoms with Crippen LogP contribution in [0.1, 0.15) is 52.4 Å². The second-order valence-corrected chi connectivity index (χ2v) is 11.9. The minimum atomic E-state index is -3.35. The van der Waals surface area contributed by atoms with Crippen LogP contribution in [0, 0.1) is 5.41 Å². The number of hydrogen-bond donors (Lipinski definition) is 1. The maximum absolute atomic E-state index is 14.8. The molecule has 3 saturated heterocycles. The molecule has 6 nitrogen and oxygen atoms in total. The number of allylic oxidation sites excluding steroid dienone is 3. The van der Waals surface area contributed by atoms with Gasteiger partial charge in [-0.25, -0.2) is 4.78 Å². The van der Waals surface area contributed by atoms with Crippen molar-refractivity contribution in [3.8, 4) is 0 Å². The molecule has 0 unspecified atom stereocenters. The Labute approximate surface area is 185 Å². The molecule has 0 saturated carbocycles. The Hall–Kier alpha value is -1.75. The first-order valence-electron chi connectivity index (χ1n) is 11.7. The minimum absolute atomic E-state index is 0.00922. The molecule has 0 radical (unpaired) electrons. The fourth-order valence-electron chi connectivity index (χ4n) is 5.15. The summed E-state index contributed by atoms with van der Waals surface area (Å²) in [4.78, 5) is 2.46. The van der Waals surface area contributed by atoms with Gasteiger partial charge >= 0.3 is 7.52 Å². The fourth-order valence-corrected chi connectivity index (χ4v) is 7.61. The minimum Gasteiger partial charge on any atom is -0.376 e. The van der Waals surface area contributed by atoms with Crippen molar-refractivity contribution in [2.24, 2.45) is 5.41 Å². The van der Waals surface area contributed by atoms with Gasteiger partial charge < -0.3 is 14.2 Å². The predicted molar refractivity (Wildman–Crippen MR) is 124 cm³/mol. The van der Waals surface area contributed by atoms with Crippen LogP contribution in [0.3, 0.4) is 0 Å². The van der Waals surface area contributed by atoms with Gasteiger partial charge in [0.05, 0.1) is 24.1 Å². The second kappa shape index (κ2) is 8.31. The van der Waals surface area contributed by atoms with Crippen LogP contribution in [0.15, 0.2) is 53.1 Å². The molecule has 7 heteroatoms. The predicted octanol–water partition coefficient (Wildman–Crippen LogP) is 5.41. The molecule has 0 spiro atoms. The van der Waals surface area contributed by atoms with Crippen LogP contribution in [0.4, 0.5) is 5.69 Å². The summed E-state index contributed by atoms with van der Waals surface area (Å²) in [7, 11) is -3.35. The largest absolute Gasteiger partial charge is 0.376 e. The summed E-state index contributed by atoms with van der Waals surface area (Å²) in [5, 5.41) is 0.871. The van der Waals surface area contributed by atoms with Gasteiger partial charge in [0.2, 0.25) is 0 Å². The van der Waals surface area contributed by atoms with Crippen molar-refractivity contribution in [3.63, 3.8) is 0 Å². The first-order valence-corrected chi connectivity index (χ1v) is 13.2. The summed E-state index contributed by atoms with van der Waals surface area (Å²) in [6.45, 7) is 7.69. The number of para-hydroxylation sites is 1. The van der Waals surface area contributed by atoms with E-state index in [1.807, 2.05) is 30.3 Å². The zero-order chi connectivity index (χ0) is 21.5. The summed E-state index contributed by atoms with van der Waals surface area (Å²) < 4.78 is 28.7. The molecule has 1 aliphatic carbocycles. The first-order chi connectivity index (χ1) is 15.0. The fraction of sp³-hybridized carbons (Fsp3) is 0.583. The molecule has 2 atom stereocenters. The number of fused-ring (bicyclic) bond motifs is 1. The normalized spacial score (nSPS) is 30.3. The Morgan fingerprint density at radius 2 is 1.94 bits per heavy atom. The molecule has 0 amide bonds. The smallest absolute Gasteiger partial charge is 0.348 e. The molecule has 0 bridgehead atoms. The monoisotopic (exact) mass is 443 g/mol. The van der Waals surface area contributed by atoms with Gasteiger partial charge in [0.25, 0.3) is 0 Å². The Kier molecular flexibility index (Phi) is 5.66. The topological polar surface area (TPSA) is 54.0 Å². The lowest BCUT2D eigenvalue weighted by atomic mass is 9.82. The summed E-state index contributed by atoms with van der Waals surface area (Å²) >= 11 is 0.